The molecule has 1 N–H and O–H groups in total. The molecule has 150 valence electrons. The number of para-hydroxylation sites is 1. The summed E-state index contributed by atoms with van der Waals surface area (Å²) in [6, 6.07) is 7.10. The van der Waals surface area contributed by atoms with Gasteiger partial charge in [-0.15, -0.1) is 0 Å². The maximum absolute atomic E-state index is 12.5. The monoisotopic (exact) mass is 388 g/mol. The summed E-state index contributed by atoms with van der Waals surface area (Å²) in [6.07, 6.45) is -4.83. The van der Waals surface area contributed by atoms with Gasteiger partial charge in [-0.2, -0.15) is 13.2 Å². The number of nitrogens with zero attached hydrogens (tertiary/aromatic N) is 1. The third kappa shape index (κ3) is 6.04. The Kier molecular flexibility index (Phi) is 6.92. The van der Waals surface area contributed by atoms with E-state index in [0.29, 0.717) is 18.6 Å². The van der Waals surface area contributed by atoms with Crippen molar-refractivity contribution in [2.75, 3.05) is 26.8 Å². The van der Waals surface area contributed by atoms with Crippen molar-refractivity contribution in [3.63, 3.8) is 0 Å². The highest BCUT2D eigenvalue weighted by Gasteiger charge is 2.33. The molecule has 1 aliphatic rings. The van der Waals surface area contributed by atoms with E-state index in [9.17, 15) is 22.8 Å². The van der Waals surface area contributed by atoms with Gasteiger partial charge in [-0.1, -0.05) is 18.2 Å². The van der Waals surface area contributed by atoms with Crippen LogP contribution in [0.5, 0.6) is 5.75 Å². The van der Waals surface area contributed by atoms with E-state index in [1.807, 2.05) is 31.2 Å². The van der Waals surface area contributed by atoms with Crippen molar-refractivity contribution in [2.24, 2.45) is 5.92 Å². The van der Waals surface area contributed by atoms with E-state index in [1.54, 1.807) is 7.11 Å². The summed E-state index contributed by atoms with van der Waals surface area (Å²) >= 11 is 0. The zero-order chi connectivity index (χ0) is 20.0. The Morgan fingerprint density at radius 3 is 2.48 bits per heavy atom. The molecule has 0 saturated carbocycles. The van der Waals surface area contributed by atoms with Gasteiger partial charge in [-0.3, -0.25) is 4.79 Å². The zero-order valence-electron chi connectivity index (χ0n) is 15.2. The minimum atomic E-state index is -4.55. The first-order valence-electron chi connectivity index (χ1n) is 8.63. The fourth-order valence-electron chi connectivity index (χ4n) is 2.99. The number of hydrogen-bond donors (Lipinski definition) is 1. The van der Waals surface area contributed by atoms with Crippen LogP contribution in [-0.4, -0.2) is 49.9 Å². The molecule has 27 heavy (non-hydrogen) atoms. The highest BCUT2D eigenvalue weighted by Crippen LogP contribution is 2.26. The summed E-state index contributed by atoms with van der Waals surface area (Å²) in [5.74, 6) is 0.207. The number of ether oxygens (including phenoxy) is 2. The molecule has 1 aromatic carbocycles. The number of rotatable bonds is 5. The third-order valence-corrected chi connectivity index (χ3v) is 4.45. The smallest absolute Gasteiger partial charge is 0.422 e. The second-order valence-corrected chi connectivity index (χ2v) is 6.40. The standard InChI is InChI=1S/C18H23F3N2O4/c1-12(14-5-3-4-6-15(14)26-2)22-16(24)13-7-9-23(10-8-13)17(25)27-11-18(19,20)21/h3-6,12-13H,7-11H2,1-2H3,(H,22,24). The Labute approximate surface area is 155 Å². The van der Waals surface area contributed by atoms with E-state index in [4.69, 9.17) is 4.74 Å². The number of likely N-dealkylation sites (tertiary alicyclic amines) is 1. The molecule has 1 saturated heterocycles. The van der Waals surface area contributed by atoms with Gasteiger partial charge in [0.2, 0.25) is 5.91 Å². The predicted molar refractivity (Wildman–Crippen MR) is 91.3 cm³/mol. The molecule has 0 spiro atoms. The van der Waals surface area contributed by atoms with Crippen LogP contribution in [0.4, 0.5) is 18.0 Å². The van der Waals surface area contributed by atoms with Crippen LogP contribution in [-0.2, 0) is 9.53 Å². The minimum Gasteiger partial charge on any atom is -0.496 e. The largest absolute Gasteiger partial charge is 0.496 e. The summed E-state index contributed by atoms with van der Waals surface area (Å²) < 4.78 is 45.9. The van der Waals surface area contributed by atoms with Crippen molar-refractivity contribution in [1.29, 1.82) is 0 Å². The van der Waals surface area contributed by atoms with E-state index in [-0.39, 0.29) is 31.0 Å². The Balaban J connectivity index is 1.83. The summed E-state index contributed by atoms with van der Waals surface area (Å²) in [6.45, 7) is 0.595. The molecule has 0 radical (unpaired) electrons. The van der Waals surface area contributed by atoms with Crippen molar-refractivity contribution in [3.8, 4) is 5.75 Å². The topological polar surface area (TPSA) is 67.9 Å². The number of amides is 2. The number of halogens is 3. The Hall–Kier alpha value is -2.45. The van der Waals surface area contributed by atoms with Gasteiger partial charge in [0.1, 0.15) is 5.75 Å². The zero-order valence-corrected chi connectivity index (χ0v) is 15.2. The van der Waals surface area contributed by atoms with Crippen LogP contribution in [0.25, 0.3) is 0 Å². The van der Waals surface area contributed by atoms with Crippen LogP contribution in [0.3, 0.4) is 0 Å². The molecule has 1 unspecified atom stereocenters. The number of piperidine rings is 1. The normalized spacial score (nSPS) is 16.6. The SMILES string of the molecule is COc1ccccc1C(C)NC(=O)C1CCN(C(=O)OCC(F)(F)F)CC1. The molecule has 0 aromatic heterocycles. The molecule has 2 rings (SSSR count). The molecule has 1 heterocycles. The van der Waals surface area contributed by atoms with E-state index >= 15 is 0 Å². The lowest BCUT2D eigenvalue weighted by molar-refractivity contribution is -0.162. The Morgan fingerprint density at radius 2 is 1.89 bits per heavy atom. The average molecular weight is 388 g/mol. The van der Waals surface area contributed by atoms with Crippen LogP contribution >= 0.6 is 0 Å². The number of alkyl halides is 3. The predicted octanol–water partition coefficient (Wildman–Crippen LogP) is 3.28. The lowest BCUT2D eigenvalue weighted by Gasteiger charge is -2.31. The molecule has 6 nitrogen and oxygen atoms in total. The van der Waals surface area contributed by atoms with Gasteiger partial charge >= 0.3 is 12.3 Å². The van der Waals surface area contributed by atoms with E-state index in [0.717, 1.165) is 5.56 Å². The van der Waals surface area contributed by atoms with Gasteiger partial charge < -0.3 is 19.7 Å². The molecular weight excluding hydrogens is 365 g/mol. The number of carbonyl (C=O) groups excluding carboxylic acids is 2. The van der Waals surface area contributed by atoms with Crippen molar-refractivity contribution in [1.82, 2.24) is 10.2 Å². The van der Waals surface area contributed by atoms with Gasteiger partial charge in [0.25, 0.3) is 0 Å². The molecule has 0 aliphatic carbocycles. The van der Waals surface area contributed by atoms with Gasteiger partial charge in [0.05, 0.1) is 13.2 Å². The van der Waals surface area contributed by atoms with Crippen LogP contribution in [0.1, 0.15) is 31.4 Å². The van der Waals surface area contributed by atoms with Crippen LogP contribution in [0, 0.1) is 5.92 Å². The second-order valence-electron chi connectivity index (χ2n) is 6.40. The second kappa shape index (κ2) is 8.96. The first kappa shape index (κ1) is 20.9. The van der Waals surface area contributed by atoms with Crippen molar-refractivity contribution < 1.29 is 32.2 Å². The first-order valence-corrected chi connectivity index (χ1v) is 8.63. The van der Waals surface area contributed by atoms with Gasteiger partial charge in [-0.25, -0.2) is 4.79 Å². The summed E-state index contributed by atoms with van der Waals surface area (Å²) in [7, 11) is 1.56. The first-order chi connectivity index (χ1) is 12.7. The van der Waals surface area contributed by atoms with Gasteiger partial charge in [-0.05, 0) is 25.8 Å². The molecule has 0 bridgehead atoms. The van der Waals surface area contributed by atoms with Crippen LogP contribution in [0.15, 0.2) is 24.3 Å². The van der Waals surface area contributed by atoms with Crippen molar-refractivity contribution >= 4 is 12.0 Å². The number of nitrogens with one attached hydrogen (secondary N) is 1. The highest BCUT2D eigenvalue weighted by molar-refractivity contribution is 5.79. The van der Waals surface area contributed by atoms with Crippen molar-refractivity contribution in [3.05, 3.63) is 29.8 Å². The Bertz CT molecular complexity index is 658. The maximum atomic E-state index is 12.5. The van der Waals surface area contributed by atoms with E-state index < -0.39 is 18.9 Å². The number of hydrogen-bond acceptors (Lipinski definition) is 4. The van der Waals surface area contributed by atoms with Crippen molar-refractivity contribution in [2.45, 2.75) is 32.0 Å². The minimum absolute atomic E-state index is 0.156. The molecule has 1 atom stereocenters. The maximum Gasteiger partial charge on any atom is 0.422 e. The molecule has 1 aromatic rings. The lowest BCUT2D eigenvalue weighted by Crippen LogP contribution is -2.44. The molecule has 9 heteroatoms. The fraction of sp³-hybridized carbons (Fsp3) is 0.556. The molecular formula is C18H23F3N2O4. The number of methoxy groups -OCH3 is 1. The highest BCUT2D eigenvalue weighted by atomic mass is 19.4. The van der Waals surface area contributed by atoms with Gasteiger partial charge in [0, 0.05) is 24.6 Å². The van der Waals surface area contributed by atoms with Crippen LogP contribution < -0.4 is 10.1 Å². The summed E-state index contributed by atoms with van der Waals surface area (Å²) in [5, 5.41) is 2.93. The summed E-state index contributed by atoms with van der Waals surface area (Å²) in [5.41, 5.74) is 0.849. The number of carbonyl (C=O) groups is 2. The fourth-order valence-corrected chi connectivity index (χ4v) is 2.99. The summed E-state index contributed by atoms with van der Waals surface area (Å²) in [4.78, 5) is 25.3. The Morgan fingerprint density at radius 1 is 1.26 bits per heavy atom. The van der Waals surface area contributed by atoms with E-state index in [1.165, 1.54) is 4.90 Å². The quantitative estimate of drug-likeness (QED) is 0.841. The van der Waals surface area contributed by atoms with E-state index in [2.05, 4.69) is 10.1 Å². The van der Waals surface area contributed by atoms with Gasteiger partial charge in [0.15, 0.2) is 6.61 Å². The third-order valence-electron chi connectivity index (χ3n) is 4.45. The molecule has 1 aliphatic heterocycles. The van der Waals surface area contributed by atoms with Crippen LogP contribution in [0.2, 0.25) is 0 Å². The molecule has 1 fully saturated rings. The average Bonchev–Trinajstić information content (AvgIpc) is 2.65. The molecule has 2 amide bonds. The number of benzene rings is 1. The lowest BCUT2D eigenvalue weighted by atomic mass is 9.95.